The number of nitrogens with zero attached hydrogens (tertiary/aromatic N) is 1. The molecule has 0 spiro atoms. The first-order valence-corrected chi connectivity index (χ1v) is 5.14. The first kappa shape index (κ1) is 13.3. The minimum atomic E-state index is -1.43. The molecule has 1 aliphatic heterocycles. The van der Waals surface area contributed by atoms with Gasteiger partial charge in [0.15, 0.2) is 0 Å². The zero-order valence-corrected chi connectivity index (χ0v) is 9.24. The summed E-state index contributed by atoms with van der Waals surface area (Å²) in [7, 11) is 0. The number of hydrogen-bond acceptors (Lipinski definition) is 6. The number of rotatable bonds is 2. The van der Waals surface area contributed by atoms with Crippen molar-refractivity contribution in [3.8, 4) is 0 Å². The molecule has 1 aliphatic rings. The molecule has 0 aromatic heterocycles. The Hall–Kier alpha value is -0.730. The molecule has 94 valence electrons. The van der Waals surface area contributed by atoms with Gasteiger partial charge >= 0.3 is 0 Å². The van der Waals surface area contributed by atoms with Crippen molar-refractivity contribution in [1.29, 1.82) is 0 Å². The quantitative estimate of drug-likeness (QED) is 0.270. The first-order chi connectivity index (χ1) is 7.40. The van der Waals surface area contributed by atoms with E-state index >= 15 is 0 Å². The van der Waals surface area contributed by atoms with Crippen LogP contribution in [0.15, 0.2) is 0 Å². The van der Waals surface area contributed by atoms with Gasteiger partial charge in [-0.25, -0.2) is 5.48 Å². The van der Waals surface area contributed by atoms with E-state index in [0.717, 1.165) is 0 Å². The summed E-state index contributed by atoms with van der Waals surface area (Å²) in [6.07, 6.45) is -3.93. The third-order valence-corrected chi connectivity index (χ3v) is 2.86. The summed E-state index contributed by atoms with van der Waals surface area (Å²) in [6.45, 7) is 3.64. The topological polar surface area (TPSA) is 113 Å². The van der Waals surface area contributed by atoms with Crippen LogP contribution in [0.25, 0.3) is 0 Å². The van der Waals surface area contributed by atoms with Gasteiger partial charge in [0.05, 0.1) is 6.10 Å². The smallest absolute Gasteiger partial charge is 0.263 e. The number of likely N-dealkylation sites (tertiary alicyclic amines) is 1. The van der Waals surface area contributed by atoms with Crippen LogP contribution in [0.2, 0.25) is 0 Å². The summed E-state index contributed by atoms with van der Waals surface area (Å²) in [4.78, 5) is 12.9. The van der Waals surface area contributed by atoms with Gasteiger partial charge in [-0.3, -0.25) is 14.9 Å². The van der Waals surface area contributed by atoms with Gasteiger partial charge in [0.1, 0.15) is 18.2 Å². The molecular formula is C9H18N2O5. The average molecular weight is 234 g/mol. The van der Waals surface area contributed by atoms with Gasteiger partial charge in [0, 0.05) is 12.6 Å². The molecule has 0 aromatic rings. The van der Waals surface area contributed by atoms with Crippen molar-refractivity contribution < 1.29 is 25.3 Å². The molecule has 5 N–H and O–H groups in total. The number of aliphatic hydroxyl groups is 3. The maximum absolute atomic E-state index is 11.4. The fourth-order valence-corrected chi connectivity index (χ4v) is 1.95. The Kier molecular flexibility index (Phi) is 4.22. The predicted molar refractivity (Wildman–Crippen MR) is 53.6 cm³/mol. The normalized spacial score (nSPS) is 36.4. The van der Waals surface area contributed by atoms with Crippen molar-refractivity contribution in [1.82, 2.24) is 10.4 Å². The van der Waals surface area contributed by atoms with Crippen LogP contribution in [0.4, 0.5) is 0 Å². The molecule has 1 heterocycles. The summed E-state index contributed by atoms with van der Waals surface area (Å²) < 4.78 is 0. The second-order valence-corrected chi connectivity index (χ2v) is 4.26. The Labute approximate surface area is 93.3 Å². The van der Waals surface area contributed by atoms with Crippen molar-refractivity contribution in [2.45, 2.75) is 44.2 Å². The lowest BCUT2D eigenvalue weighted by atomic mass is 9.92. The minimum Gasteiger partial charge on any atom is -0.389 e. The zero-order valence-electron chi connectivity index (χ0n) is 9.24. The summed E-state index contributed by atoms with van der Waals surface area (Å²) >= 11 is 0. The third kappa shape index (κ3) is 2.33. The van der Waals surface area contributed by atoms with E-state index in [1.165, 1.54) is 10.4 Å². The number of amides is 1. The van der Waals surface area contributed by atoms with E-state index in [4.69, 9.17) is 5.21 Å². The molecule has 16 heavy (non-hydrogen) atoms. The molecule has 0 bridgehead atoms. The van der Waals surface area contributed by atoms with Gasteiger partial charge in [-0.05, 0) is 13.8 Å². The number of nitrogens with one attached hydrogen (secondary N) is 1. The minimum absolute atomic E-state index is 0.0635. The highest BCUT2D eigenvalue weighted by atomic mass is 16.5. The second-order valence-electron chi connectivity index (χ2n) is 4.26. The van der Waals surface area contributed by atoms with Gasteiger partial charge in [0.25, 0.3) is 5.91 Å². The fourth-order valence-electron chi connectivity index (χ4n) is 1.95. The second kappa shape index (κ2) is 5.07. The van der Waals surface area contributed by atoms with Gasteiger partial charge < -0.3 is 15.3 Å². The highest BCUT2D eigenvalue weighted by Gasteiger charge is 2.45. The van der Waals surface area contributed by atoms with Crippen LogP contribution in [0.3, 0.4) is 0 Å². The molecule has 1 amide bonds. The lowest BCUT2D eigenvalue weighted by molar-refractivity contribution is -0.167. The molecule has 0 aromatic carbocycles. The Bertz CT molecular complexity index is 260. The number of carbonyl (C=O) groups is 1. The van der Waals surface area contributed by atoms with Crippen molar-refractivity contribution in [2.75, 3.05) is 6.54 Å². The Morgan fingerprint density at radius 3 is 2.31 bits per heavy atom. The molecule has 7 heteroatoms. The van der Waals surface area contributed by atoms with Gasteiger partial charge in [-0.15, -0.1) is 0 Å². The molecule has 0 saturated carbocycles. The Morgan fingerprint density at radius 1 is 1.31 bits per heavy atom. The summed E-state index contributed by atoms with van der Waals surface area (Å²) in [6, 6.07) is -1.18. The molecule has 1 rings (SSSR count). The number of aliphatic hydroxyl groups excluding tert-OH is 3. The van der Waals surface area contributed by atoms with Crippen LogP contribution < -0.4 is 5.48 Å². The van der Waals surface area contributed by atoms with Crippen LogP contribution in [-0.2, 0) is 4.79 Å². The van der Waals surface area contributed by atoms with Crippen LogP contribution in [0.1, 0.15) is 13.8 Å². The van der Waals surface area contributed by atoms with E-state index in [2.05, 4.69) is 0 Å². The van der Waals surface area contributed by atoms with Crippen molar-refractivity contribution >= 4 is 5.91 Å². The highest BCUT2D eigenvalue weighted by molar-refractivity contribution is 5.81. The Morgan fingerprint density at radius 2 is 1.88 bits per heavy atom. The van der Waals surface area contributed by atoms with Gasteiger partial charge in [-0.2, -0.15) is 0 Å². The van der Waals surface area contributed by atoms with Crippen molar-refractivity contribution in [3.63, 3.8) is 0 Å². The molecule has 0 aliphatic carbocycles. The van der Waals surface area contributed by atoms with E-state index < -0.39 is 30.3 Å². The molecule has 0 unspecified atom stereocenters. The van der Waals surface area contributed by atoms with Crippen molar-refractivity contribution in [3.05, 3.63) is 0 Å². The maximum Gasteiger partial charge on any atom is 0.263 e. The lowest BCUT2D eigenvalue weighted by Crippen LogP contribution is -2.66. The van der Waals surface area contributed by atoms with E-state index in [1.54, 1.807) is 13.8 Å². The molecule has 7 nitrogen and oxygen atoms in total. The predicted octanol–water partition coefficient (Wildman–Crippen LogP) is -2.33. The van der Waals surface area contributed by atoms with E-state index in [0.29, 0.717) is 0 Å². The fraction of sp³-hybridized carbons (Fsp3) is 0.889. The molecule has 1 fully saturated rings. The monoisotopic (exact) mass is 234 g/mol. The lowest BCUT2D eigenvalue weighted by Gasteiger charge is -2.44. The van der Waals surface area contributed by atoms with Gasteiger partial charge in [-0.1, -0.05) is 0 Å². The number of β-amino-alcohol motifs (C(OH)–C–C–N with tert-alkyl or cyclic N) is 1. The maximum atomic E-state index is 11.4. The molecule has 4 atom stereocenters. The highest BCUT2D eigenvalue weighted by Crippen LogP contribution is 2.21. The SMILES string of the molecule is CC(C)N1C[C@H](O)[C@H](O)[C@H](O)[C@@H]1C(=O)NO. The van der Waals surface area contributed by atoms with Crippen molar-refractivity contribution in [2.24, 2.45) is 0 Å². The largest absolute Gasteiger partial charge is 0.389 e. The number of hydrogen-bond donors (Lipinski definition) is 5. The number of hydroxylamine groups is 1. The zero-order chi connectivity index (χ0) is 12.5. The molecular weight excluding hydrogens is 216 g/mol. The molecule has 0 radical (unpaired) electrons. The summed E-state index contributed by atoms with van der Waals surface area (Å²) in [5.41, 5.74) is 1.45. The van der Waals surface area contributed by atoms with Crippen LogP contribution >= 0.6 is 0 Å². The average Bonchev–Trinajstić information content (AvgIpc) is 2.24. The number of carbonyl (C=O) groups excluding carboxylic acids is 1. The number of piperidine rings is 1. The van der Waals surface area contributed by atoms with E-state index in [1.807, 2.05) is 0 Å². The van der Waals surface area contributed by atoms with Crippen LogP contribution in [0.5, 0.6) is 0 Å². The first-order valence-electron chi connectivity index (χ1n) is 5.14. The van der Waals surface area contributed by atoms with E-state index in [-0.39, 0.29) is 12.6 Å². The van der Waals surface area contributed by atoms with Crippen LogP contribution in [0, 0.1) is 0 Å². The third-order valence-electron chi connectivity index (χ3n) is 2.86. The standard InChI is InChI=1S/C9H18N2O5/c1-4(2)11-3-5(12)7(13)8(14)6(11)9(15)10-16/h4-8,12-14,16H,3H2,1-2H3,(H,10,15)/t5-,6+,7-,8+/m0/s1. The summed E-state index contributed by atoms with van der Waals surface area (Å²) in [5.74, 6) is -0.799. The summed E-state index contributed by atoms with van der Waals surface area (Å²) in [5, 5.41) is 37.2. The van der Waals surface area contributed by atoms with Crippen LogP contribution in [-0.4, -0.2) is 68.3 Å². The van der Waals surface area contributed by atoms with E-state index in [9.17, 15) is 20.1 Å². The molecule has 1 saturated heterocycles. The Balaban J connectivity index is 2.93. The van der Waals surface area contributed by atoms with Gasteiger partial charge in [0.2, 0.25) is 0 Å².